The maximum absolute atomic E-state index is 4.69. The minimum atomic E-state index is 0.449. The fourth-order valence-corrected chi connectivity index (χ4v) is 2.59. The number of hydrogen-bond donors (Lipinski definition) is 1. The number of anilines is 1. The average Bonchev–Trinajstić information content (AvgIpc) is 2.39. The highest BCUT2D eigenvalue weighted by molar-refractivity contribution is 5.32. The number of aryl methyl sites for hydroxylation is 1. The molecule has 1 aromatic heterocycles. The summed E-state index contributed by atoms with van der Waals surface area (Å²) >= 11 is 0. The molecule has 0 radical (unpaired) electrons. The van der Waals surface area contributed by atoms with Crippen molar-refractivity contribution in [1.82, 2.24) is 15.3 Å². The Hall–Kier alpha value is -1.16. The Morgan fingerprint density at radius 1 is 1.42 bits per heavy atom. The van der Waals surface area contributed by atoms with E-state index in [1.807, 2.05) is 6.92 Å². The molecule has 0 spiro atoms. The van der Waals surface area contributed by atoms with Gasteiger partial charge in [0.05, 0.1) is 0 Å². The molecule has 1 aliphatic rings. The molecule has 1 aliphatic heterocycles. The number of rotatable bonds is 4. The van der Waals surface area contributed by atoms with E-state index in [9.17, 15) is 0 Å². The third kappa shape index (κ3) is 3.90. The molecule has 1 aromatic rings. The van der Waals surface area contributed by atoms with Crippen molar-refractivity contribution in [2.45, 2.75) is 39.5 Å². The number of hydrogen-bond acceptors (Lipinski definition) is 4. The molecule has 4 heteroatoms. The van der Waals surface area contributed by atoms with Crippen molar-refractivity contribution in [1.29, 1.82) is 0 Å². The van der Waals surface area contributed by atoms with Crippen molar-refractivity contribution in [3.63, 3.8) is 0 Å². The Balaban J connectivity index is 2.07. The Morgan fingerprint density at radius 3 is 2.84 bits per heavy atom. The molecule has 1 N–H and O–H groups in total. The Morgan fingerprint density at radius 2 is 2.21 bits per heavy atom. The molecule has 4 nitrogen and oxygen atoms in total. The van der Waals surface area contributed by atoms with Gasteiger partial charge in [-0.05, 0) is 50.8 Å². The van der Waals surface area contributed by atoms with Crippen molar-refractivity contribution < 1.29 is 0 Å². The first-order chi connectivity index (χ1) is 9.06. The van der Waals surface area contributed by atoms with E-state index in [-0.39, 0.29) is 0 Å². The molecular formula is C15H26N4. The maximum Gasteiger partial charge on any atom is 0.225 e. The number of aromatic nitrogens is 2. The van der Waals surface area contributed by atoms with Crippen molar-refractivity contribution in [3.05, 3.63) is 17.5 Å². The van der Waals surface area contributed by atoms with Crippen molar-refractivity contribution >= 4 is 5.95 Å². The smallest absolute Gasteiger partial charge is 0.225 e. The lowest BCUT2D eigenvalue weighted by molar-refractivity contribution is 0.380. The lowest BCUT2D eigenvalue weighted by Gasteiger charge is -2.28. The second kappa shape index (κ2) is 6.33. The van der Waals surface area contributed by atoms with Crippen molar-refractivity contribution in [2.24, 2.45) is 5.92 Å². The van der Waals surface area contributed by atoms with Crippen LogP contribution in [0.4, 0.5) is 5.95 Å². The van der Waals surface area contributed by atoms with Crippen LogP contribution in [0.25, 0.3) is 0 Å². The largest absolute Gasteiger partial charge is 0.344 e. The summed E-state index contributed by atoms with van der Waals surface area (Å²) in [4.78, 5) is 11.5. The highest BCUT2D eigenvalue weighted by Crippen LogP contribution is 2.18. The first kappa shape index (κ1) is 14.3. The molecule has 1 fully saturated rings. The Labute approximate surface area is 116 Å². The summed E-state index contributed by atoms with van der Waals surface area (Å²) in [5.41, 5.74) is 2.19. The summed E-state index contributed by atoms with van der Waals surface area (Å²) in [5, 5.41) is 3.47. The van der Waals surface area contributed by atoms with E-state index >= 15 is 0 Å². The van der Waals surface area contributed by atoms with Gasteiger partial charge in [-0.1, -0.05) is 13.8 Å². The molecule has 106 valence electrons. The molecule has 1 atom stereocenters. The predicted octanol–water partition coefficient (Wildman–Crippen LogP) is 2.34. The zero-order chi connectivity index (χ0) is 13.8. The van der Waals surface area contributed by atoms with Crippen LogP contribution in [0.3, 0.4) is 0 Å². The van der Waals surface area contributed by atoms with E-state index < -0.39 is 0 Å². The van der Waals surface area contributed by atoms with Crippen LogP contribution in [0.1, 0.15) is 44.0 Å². The fourth-order valence-electron chi connectivity index (χ4n) is 2.59. The van der Waals surface area contributed by atoms with Gasteiger partial charge < -0.3 is 10.2 Å². The summed E-state index contributed by atoms with van der Waals surface area (Å²) in [6.45, 7) is 9.72. The van der Waals surface area contributed by atoms with Crippen LogP contribution in [0.15, 0.2) is 6.07 Å². The van der Waals surface area contributed by atoms with Crippen LogP contribution in [-0.4, -0.2) is 36.6 Å². The highest BCUT2D eigenvalue weighted by Gasteiger charge is 2.17. The molecule has 0 aliphatic carbocycles. The van der Waals surface area contributed by atoms with E-state index in [0.29, 0.717) is 11.8 Å². The quantitative estimate of drug-likeness (QED) is 0.904. The third-order valence-electron chi connectivity index (χ3n) is 3.73. The summed E-state index contributed by atoms with van der Waals surface area (Å²) in [5.74, 6) is 2.03. The van der Waals surface area contributed by atoms with Gasteiger partial charge in [0.15, 0.2) is 0 Å². The van der Waals surface area contributed by atoms with E-state index in [1.54, 1.807) is 0 Å². The van der Waals surface area contributed by atoms with Crippen molar-refractivity contribution in [3.8, 4) is 0 Å². The lowest BCUT2D eigenvalue weighted by atomic mass is 9.99. The molecule has 1 saturated heterocycles. The van der Waals surface area contributed by atoms with Gasteiger partial charge in [-0.2, -0.15) is 0 Å². The molecule has 0 bridgehead atoms. The minimum absolute atomic E-state index is 0.449. The van der Waals surface area contributed by atoms with Crippen LogP contribution in [0.2, 0.25) is 0 Å². The fraction of sp³-hybridized carbons (Fsp3) is 0.733. The van der Waals surface area contributed by atoms with E-state index in [0.717, 1.165) is 30.4 Å². The zero-order valence-electron chi connectivity index (χ0n) is 12.6. The molecule has 2 heterocycles. The maximum atomic E-state index is 4.69. The van der Waals surface area contributed by atoms with Crippen molar-refractivity contribution in [2.75, 3.05) is 31.6 Å². The van der Waals surface area contributed by atoms with Crippen LogP contribution >= 0.6 is 0 Å². The van der Waals surface area contributed by atoms with Gasteiger partial charge in [-0.25, -0.2) is 9.97 Å². The Bertz CT molecular complexity index is 411. The molecule has 0 amide bonds. The molecule has 2 rings (SSSR count). The van der Waals surface area contributed by atoms with E-state index in [4.69, 9.17) is 4.98 Å². The topological polar surface area (TPSA) is 41.1 Å². The SMILES string of the molecule is Cc1cc(C(C)C)nc(N(C)CC2CCCNC2)n1. The molecule has 1 unspecified atom stereocenters. The van der Waals surface area contributed by atoms with Crippen LogP contribution < -0.4 is 10.2 Å². The number of nitrogens with zero attached hydrogens (tertiary/aromatic N) is 3. The zero-order valence-corrected chi connectivity index (χ0v) is 12.6. The monoisotopic (exact) mass is 262 g/mol. The molecule has 19 heavy (non-hydrogen) atoms. The lowest BCUT2D eigenvalue weighted by Crippen LogP contribution is -2.37. The second-order valence-corrected chi connectivity index (χ2v) is 5.98. The van der Waals surface area contributed by atoms with Gasteiger partial charge in [0.1, 0.15) is 0 Å². The number of nitrogens with one attached hydrogen (secondary N) is 1. The van der Waals surface area contributed by atoms with E-state index in [1.165, 1.54) is 19.4 Å². The summed E-state index contributed by atoms with van der Waals surface area (Å²) in [6, 6.07) is 2.09. The summed E-state index contributed by atoms with van der Waals surface area (Å²) in [7, 11) is 2.10. The standard InChI is InChI=1S/C15H26N4/c1-11(2)14-8-12(3)17-15(18-14)19(4)10-13-6-5-7-16-9-13/h8,11,13,16H,5-7,9-10H2,1-4H3. The van der Waals surface area contributed by atoms with Gasteiger partial charge in [0.25, 0.3) is 0 Å². The molecular weight excluding hydrogens is 236 g/mol. The van der Waals surface area contributed by atoms with Crippen LogP contribution in [0.5, 0.6) is 0 Å². The first-order valence-corrected chi connectivity index (χ1v) is 7.33. The predicted molar refractivity (Wildman–Crippen MR) is 79.7 cm³/mol. The van der Waals surface area contributed by atoms with Crippen LogP contribution in [-0.2, 0) is 0 Å². The van der Waals surface area contributed by atoms with Gasteiger partial charge >= 0.3 is 0 Å². The second-order valence-electron chi connectivity index (χ2n) is 5.98. The summed E-state index contributed by atoms with van der Waals surface area (Å²) < 4.78 is 0. The molecule has 0 saturated carbocycles. The minimum Gasteiger partial charge on any atom is -0.344 e. The van der Waals surface area contributed by atoms with Gasteiger partial charge in [0.2, 0.25) is 5.95 Å². The Kier molecular flexibility index (Phi) is 4.75. The van der Waals surface area contributed by atoms with Gasteiger partial charge in [-0.3, -0.25) is 0 Å². The van der Waals surface area contributed by atoms with Crippen LogP contribution in [0, 0.1) is 12.8 Å². The first-order valence-electron chi connectivity index (χ1n) is 7.33. The van der Waals surface area contributed by atoms with E-state index in [2.05, 4.69) is 42.2 Å². The highest BCUT2D eigenvalue weighted by atomic mass is 15.2. The van der Waals surface area contributed by atoms with Gasteiger partial charge in [-0.15, -0.1) is 0 Å². The summed E-state index contributed by atoms with van der Waals surface area (Å²) in [6.07, 6.45) is 2.59. The molecule has 0 aromatic carbocycles. The average molecular weight is 262 g/mol. The van der Waals surface area contributed by atoms with Gasteiger partial charge in [0, 0.05) is 25.0 Å². The normalized spacial score (nSPS) is 19.7. The third-order valence-corrected chi connectivity index (χ3v) is 3.73. The number of piperidine rings is 1.